The predicted molar refractivity (Wildman–Crippen MR) is 111 cm³/mol. The first-order valence-corrected chi connectivity index (χ1v) is 10.8. The van der Waals surface area contributed by atoms with Crippen LogP contribution >= 0.6 is 0 Å². The van der Waals surface area contributed by atoms with E-state index in [4.69, 9.17) is 9.47 Å². The Hall–Kier alpha value is -2.42. The topological polar surface area (TPSA) is 84.9 Å². The monoisotopic (exact) mass is 420 g/mol. The molecule has 2 aromatic carbocycles. The first-order chi connectivity index (χ1) is 14.0. The molecule has 8 heteroatoms. The summed E-state index contributed by atoms with van der Waals surface area (Å²) in [6, 6.07) is 15.9. The van der Waals surface area contributed by atoms with Crippen molar-refractivity contribution in [2.75, 3.05) is 40.5 Å². The lowest BCUT2D eigenvalue weighted by Gasteiger charge is -2.22. The fourth-order valence-corrected chi connectivity index (χ4v) is 4.21. The van der Waals surface area contributed by atoms with Gasteiger partial charge in [-0.3, -0.25) is 4.79 Å². The van der Waals surface area contributed by atoms with Crippen LogP contribution in [0.3, 0.4) is 0 Å². The van der Waals surface area contributed by atoms with Crippen LogP contribution in [-0.2, 0) is 26.0 Å². The summed E-state index contributed by atoms with van der Waals surface area (Å²) in [6.07, 6.45) is 1.17. The number of carbonyl (C=O) groups is 1. The van der Waals surface area contributed by atoms with Crippen LogP contribution in [0.25, 0.3) is 0 Å². The summed E-state index contributed by atoms with van der Waals surface area (Å²) < 4.78 is 37.3. The third kappa shape index (κ3) is 7.16. The maximum absolute atomic E-state index is 13.0. The number of amides is 1. The van der Waals surface area contributed by atoms with Gasteiger partial charge >= 0.3 is 0 Å². The average molecular weight is 421 g/mol. The zero-order chi connectivity index (χ0) is 21.1. The molecule has 0 fully saturated rings. The van der Waals surface area contributed by atoms with Gasteiger partial charge in [0.2, 0.25) is 15.9 Å². The van der Waals surface area contributed by atoms with Crippen molar-refractivity contribution in [2.45, 2.75) is 17.7 Å². The molecule has 158 valence electrons. The lowest BCUT2D eigenvalue weighted by molar-refractivity contribution is -0.121. The van der Waals surface area contributed by atoms with Gasteiger partial charge in [0.1, 0.15) is 5.75 Å². The summed E-state index contributed by atoms with van der Waals surface area (Å²) >= 11 is 0. The third-order valence-corrected chi connectivity index (χ3v) is 6.21. The van der Waals surface area contributed by atoms with Crippen LogP contribution in [0.1, 0.15) is 12.0 Å². The molecule has 0 radical (unpaired) electrons. The fourth-order valence-electron chi connectivity index (χ4n) is 2.77. The Bertz CT molecular complexity index is 854. The van der Waals surface area contributed by atoms with Gasteiger partial charge in [-0.1, -0.05) is 30.3 Å². The maximum atomic E-state index is 13.0. The second-order valence-electron chi connectivity index (χ2n) is 6.45. The van der Waals surface area contributed by atoms with Crippen molar-refractivity contribution < 1.29 is 22.7 Å². The normalized spacial score (nSPS) is 11.4. The van der Waals surface area contributed by atoms with E-state index in [1.54, 1.807) is 19.2 Å². The van der Waals surface area contributed by atoms with Gasteiger partial charge in [0, 0.05) is 26.8 Å². The number of hydrogen-bond acceptors (Lipinski definition) is 5. The van der Waals surface area contributed by atoms with Crippen molar-refractivity contribution in [3.05, 3.63) is 60.2 Å². The van der Waals surface area contributed by atoms with E-state index in [1.807, 2.05) is 30.3 Å². The molecular weight excluding hydrogens is 392 g/mol. The fraction of sp³-hybridized carbons (Fsp3) is 0.381. The summed E-state index contributed by atoms with van der Waals surface area (Å²) in [5.41, 5.74) is 1.11. The Balaban J connectivity index is 2.02. The van der Waals surface area contributed by atoms with Crippen molar-refractivity contribution in [3.8, 4) is 5.75 Å². The minimum atomic E-state index is -3.82. The van der Waals surface area contributed by atoms with Gasteiger partial charge in [0.15, 0.2) is 0 Å². The van der Waals surface area contributed by atoms with E-state index in [0.717, 1.165) is 5.56 Å². The maximum Gasteiger partial charge on any atom is 0.243 e. The van der Waals surface area contributed by atoms with Crippen LogP contribution in [0.2, 0.25) is 0 Å². The molecule has 0 aliphatic rings. The molecule has 0 saturated heterocycles. The Morgan fingerprint density at radius 2 is 1.72 bits per heavy atom. The number of methoxy groups -OCH3 is 2. The minimum absolute atomic E-state index is 0.118. The number of hydrogen-bond donors (Lipinski definition) is 1. The molecular formula is C21H28N2O5S. The largest absolute Gasteiger partial charge is 0.497 e. The standard InChI is InChI=1S/C21H28N2O5S/c1-27-16-6-15-23(29(25,26)20-11-9-19(28-2)10-12-20)17-21(24)22-14-13-18-7-4-3-5-8-18/h3-5,7-12H,6,13-17H2,1-2H3,(H,22,24). The summed E-state index contributed by atoms with van der Waals surface area (Å²) in [5, 5.41) is 2.80. The number of ether oxygens (including phenoxy) is 2. The lowest BCUT2D eigenvalue weighted by Crippen LogP contribution is -2.41. The van der Waals surface area contributed by atoms with Crippen LogP contribution in [0.5, 0.6) is 5.75 Å². The summed E-state index contributed by atoms with van der Waals surface area (Å²) in [6.45, 7) is 0.794. The Morgan fingerprint density at radius 1 is 1.03 bits per heavy atom. The summed E-state index contributed by atoms with van der Waals surface area (Å²) in [4.78, 5) is 12.5. The van der Waals surface area contributed by atoms with Gasteiger partial charge in [0.05, 0.1) is 18.6 Å². The molecule has 2 aromatic rings. The van der Waals surface area contributed by atoms with Gasteiger partial charge in [0.25, 0.3) is 0 Å². The molecule has 0 spiro atoms. The molecule has 0 bridgehead atoms. The average Bonchev–Trinajstić information content (AvgIpc) is 2.74. The molecule has 1 N–H and O–H groups in total. The molecule has 0 aromatic heterocycles. The minimum Gasteiger partial charge on any atom is -0.497 e. The Labute approximate surface area is 172 Å². The van der Waals surface area contributed by atoms with Gasteiger partial charge in [-0.25, -0.2) is 8.42 Å². The van der Waals surface area contributed by atoms with Crippen LogP contribution in [-0.4, -0.2) is 59.1 Å². The molecule has 0 atom stereocenters. The van der Waals surface area contributed by atoms with Crippen LogP contribution in [0.4, 0.5) is 0 Å². The predicted octanol–water partition coefficient (Wildman–Crippen LogP) is 2.08. The second kappa shape index (κ2) is 11.5. The number of nitrogens with zero attached hydrogens (tertiary/aromatic N) is 1. The first kappa shape index (κ1) is 22.9. The molecule has 0 unspecified atom stereocenters. The van der Waals surface area contributed by atoms with Crippen molar-refractivity contribution in [2.24, 2.45) is 0 Å². The van der Waals surface area contributed by atoms with Crippen molar-refractivity contribution >= 4 is 15.9 Å². The van der Waals surface area contributed by atoms with Gasteiger partial charge < -0.3 is 14.8 Å². The number of carbonyl (C=O) groups excluding carboxylic acids is 1. The smallest absolute Gasteiger partial charge is 0.243 e. The van der Waals surface area contributed by atoms with E-state index in [-0.39, 0.29) is 23.9 Å². The highest BCUT2D eigenvalue weighted by Gasteiger charge is 2.26. The van der Waals surface area contributed by atoms with Gasteiger partial charge in [-0.15, -0.1) is 0 Å². The molecule has 0 aliphatic carbocycles. The van der Waals surface area contributed by atoms with Crippen molar-refractivity contribution in [1.82, 2.24) is 9.62 Å². The van der Waals surface area contributed by atoms with Gasteiger partial charge in [-0.05, 0) is 42.7 Å². The quantitative estimate of drug-likeness (QED) is 0.532. The van der Waals surface area contributed by atoms with Crippen LogP contribution < -0.4 is 10.1 Å². The highest BCUT2D eigenvalue weighted by atomic mass is 32.2. The Kier molecular flexibility index (Phi) is 9.11. The van der Waals surface area contributed by atoms with Crippen LogP contribution in [0.15, 0.2) is 59.5 Å². The summed E-state index contributed by atoms with van der Waals surface area (Å²) in [5.74, 6) is 0.226. The van der Waals surface area contributed by atoms with E-state index in [9.17, 15) is 13.2 Å². The molecule has 2 rings (SSSR count). The lowest BCUT2D eigenvalue weighted by atomic mass is 10.1. The van der Waals surface area contributed by atoms with Crippen LogP contribution in [0, 0.1) is 0 Å². The highest BCUT2D eigenvalue weighted by Crippen LogP contribution is 2.19. The zero-order valence-electron chi connectivity index (χ0n) is 16.8. The highest BCUT2D eigenvalue weighted by molar-refractivity contribution is 7.89. The Morgan fingerprint density at radius 3 is 2.34 bits per heavy atom. The SMILES string of the molecule is COCCCN(CC(=O)NCCc1ccccc1)S(=O)(=O)c1ccc(OC)cc1. The molecule has 1 amide bonds. The molecule has 29 heavy (non-hydrogen) atoms. The number of nitrogens with one attached hydrogen (secondary N) is 1. The molecule has 0 saturated carbocycles. The van der Waals surface area contributed by atoms with Gasteiger partial charge in [-0.2, -0.15) is 4.31 Å². The molecule has 0 heterocycles. The van der Waals surface area contributed by atoms with Crippen molar-refractivity contribution in [1.29, 1.82) is 0 Å². The number of rotatable bonds is 12. The second-order valence-corrected chi connectivity index (χ2v) is 8.38. The van der Waals surface area contributed by atoms with Crippen molar-refractivity contribution in [3.63, 3.8) is 0 Å². The van der Waals surface area contributed by atoms with E-state index < -0.39 is 10.0 Å². The van der Waals surface area contributed by atoms with E-state index in [1.165, 1.54) is 23.5 Å². The van der Waals surface area contributed by atoms with E-state index in [0.29, 0.717) is 31.7 Å². The van der Waals surface area contributed by atoms with E-state index >= 15 is 0 Å². The number of benzene rings is 2. The molecule has 7 nitrogen and oxygen atoms in total. The summed E-state index contributed by atoms with van der Waals surface area (Å²) in [7, 11) is -0.749. The third-order valence-electron chi connectivity index (χ3n) is 4.35. The van der Waals surface area contributed by atoms with E-state index in [2.05, 4.69) is 5.32 Å². The zero-order valence-corrected chi connectivity index (χ0v) is 17.7. The number of sulfonamides is 1. The molecule has 0 aliphatic heterocycles. The first-order valence-electron chi connectivity index (χ1n) is 9.41.